The number of aliphatic carboxylic acids is 1. The third kappa shape index (κ3) is 15.4. The molecule has 1 aliphatic rings. The van der Waals surface area contributed by atoms with E-state index in [4.69, 9.17) is 15.5 Å². The van der Waals surface area contributed by atoms with Gasteiger partial charge < -0.3 is 36.4 Å². The Morgan fingerprint density at radius 2 is 1.81 bits per heavy atom. The molecule has 14 nitrogen and oxygen atoms in total. The van der Waals surface area contributed by atoms with Crippen LogP contribution in [0.1, 0.15) is 147 Å². The number of likely N-dealkylation sites (tertiary alicyclic amines) is 1. The van der Waals surface area contributed by atoms with Gasteiger partial charge in [0.15, 0.2) is 0 Å². The topological polar surface area (TPSA) is 196 Å². The molecule has 0 aliphatic carbocycles. The van der Waals surface area contributed by atoms with Crippen LogP contribution in [0.4, 0.5) is 10.1 Å². The fraction of sp³-hybridized carbons (Fsp3) is 0.696. The number of carbonyl (C=O) groups is 5. The number of benzene rings is 1. The lowest BCUT2D eigenvalue weighted by Gasteiger charge is -2.40. The molecule has 1 unspecified atom stereocenters. The Labute approximate surface area is 372 Å². The molecule has 6 atom stereocenters. The van der Waals surface area contributed by atoms with Crippen molar-refractivity contribution in [1.82, 2.24) is 25.4 Å². The van der Waals surface area contributed by atoms with E-state index in [9.17, 15) is 33.5 Å². The number of nitrogens with one attached hydrogen (secondary N) is 3. The van der Waals surface area contributed by atoms with Crippen molar-refractivity contribution in [2.75, 3.05) is 38.6 Å². The number of nitrogens with two attached hydrogens (primary N) is 1. The van der Waals surface area contributed by atoms with Crippen LogP contribution in [0, 0.1) is 23.1 Å². The maximum atomic E-state index is 15.0. The van der Waals surface area contributed by atoms with Crippen molar-refractivity contribution in [3.05, 3.63) is 45.7 Å². The summed E-state index contributed by atoms with van der Waals surface area (Å²) in [5, 5.41) is 20.7. The van der Waals surface area contributed by atoms with Gasteiger partial charge in [-0.25, -0.2) is 9.37 Å². The van der Waals surface area contributed by atoms with Gasteiger partial charge in [0.1, 0.15) is 28.7 Å². The third-order valence-corrected chi connectivity index (χ3v) is 13.0. The minimum atomic E-state index is -1.23. The molecule has 1 fully saturated rings. The molecule has 3 rings (SSSR count). The van der Waals surface area contributed by atoms with E-state index in [0.717, 1.165) is 51.5 Å². The van der Waals surface area contributed by atoms with Crippen molar-refractivity contribution in [3.63, 3.8) is 0 Å². The molecular formula is C46H74FN7O7S. The van der Waals surface area contributed by atoms with Gasteiger partial charge in [0.25, 0.3) is 5.91 Å². The summed E-state index contributed by atoms with van der Waals surface area (Å²) in [4.78, 5) is 75.2. The molecule has 1 saturated heterocycles. The van der Waals surface area contributed by atoms with Gasteiger partial charge in [0.2, 0.25) is 17.7 Å². The summed E-state index contributed by atoms with van der Waals surface area (Å²) in [7, 11) is 1.97. The summed E-state index contributed by atoms with van der Waals surface area (Å²) in [5.41, 5.74) is 4.70. The Morgan fingerprint density at radius 1 is 1.08 bits per heavy atom. The molecule has 348 valence electrons. The van der Waals surface area contributed by atoms with Crippen LogP contribution in [0.25, 0.3) is 0 Å². The summed E-state index contributed by atoms with van der Waals surface area (Å²) < 4.78 is 21.3. The van der Waals surface area contributed by atoms with Gasteiger partial charge in [-0.2, -0.15) is 0 Å². The van der Waals surface area contributed by atoms with Crippen molar-refractivity contribution >= 4 is 46.6 Å². The van der Waals surface area contributed by atoms with Gasteiger partial charge in [-0.05, 0) is 96.0 Å². The SMILES string of the molecule is CCCCCCN(C(=O)[C@@H](NC(=O)C1CCCCN1C)[C@@H](C)CC)[C@H](C[C@@H](OCC)c1nc(C(=O)N[C@@H](Cc2ccc(NC(=O)CN)c(F)c2)CC(C)(C)C(=O)O)cs1)C(C)C. The Bertz CT molecular complexity index is 1770. The predicted molar refractivity (Wildman–Crippen MR) is 242 cm³/mol. The molecule has 2 heterocycles. The number of ether oxygens (including phenoxy) is 1. The quantitative estimate of drug-likeness (QED) is 0.0618. The second-order valence-electron chi connectivity index (χ2n) is 17.9. The second-order valence-corrected chi connectivity index (χ2v) is 18.7. The molecule has 62 heavy (non-hydrogen) atoms. The van der Waals surface area contributed by atoms with Crippen LogP contribution < -0.4 is 21.7 Å². The van der Waals surface area contributed by atoms with Gasteiger partial charge in [-0.15, -0.1) is 11.3 Å². The van der Waals surface area contributed by atoms with Crippen molar-refractivity contribution in [2.45, 2.75) is 156 Å². The number of carbonyl (C=O) groups excluding carboxylic acids is 4. The van der Waals surface area contributed by atoms with E-state index in [1.165, 1.54) is 23.5 Å². The number of halogens is 1. The summed E-state index contributed by atoms with van der Waals surface area (Å²) in [6, 6.07) is 2.28. The number of likely N-dealkylation sites (N-methyl/N-ethyl adjacent to an activating group) is 1. The van der Waals surface area contributed by atoms with Crippen LogP contribution in [0.15, 0.2) is 23.6 Å². The Balaban J connectivity index is 1.92. The van der Waals surface area contributed by atoms with Crippen molar-refractivity contribution in [2.24, 2.45) is 23.0 Å². The van der Waals surface area contributed by atoms with Crippen molar-refractivity contribution in [1.29, 1.82) is 0 Å². The first-order valence-electron chi connectivity index (χ1n) is 22.6. The molecule has 0 bridgehead atoms. The minimum Gasteiger partial charge on any atom is -0.481 e. The molecule has 2 aromatic rings. The van der Waals surface area contributed by atoms with E-state index >= 15 is 0 Å². The van der Waals surface area contributed by atoms with E-state index < -0.39 is 47.2 Å². The van der Waals surface area contributed by atoms with Crippen molar-refractivity contribution in [3.8, 4) is 0 Å². The van der Waals surface area contributed by atoms with E-state index in [1.54, 1.807) is 25.3 Å². The van der Waals surface area contributed by atoms with Gasteiger partial charge in [0.05, 0.1) is 23.7 Å². The zero-order valence-corrected chi connectivity index (χ0v) is 39.4. The average molecular weight is 888 g/mol. The molecule has 16 heteroatoms. The molecule has 0 spiro atoms. The number of piperidine rings is 1. The number of hydrogen-bond acceptors (Lipinski definition) is 10. The smallest absolute Gasteiger partial charge is 0.309 e. The predicted octanol–water partition coefficient (Wildman–Crippen LogP) is 6.94. The first-order chi connectivity index (χ1) is 29.4. The summed E-state index contributed by atoms with van der Waals surface area (Å²) >= 11 is 1.27. The standard InChI is InChI=1S/C46H74FN7O7S/c1-10-13-14-16-22-54(44(58)40(30(6)11-2)52-42(57)36-18-15-17-21-53(36)9)37(29(4)5)25-38(61-12-3)43-51-35(28-62-43)41(56)49-32(26-46(7,8)45(59)60)23-31-19-20-34(33(47)24-31)50-39(55)27-48/h19-20,24,28-30,32,36-38,40H,10-18,21-23,25-27,48H2,1-9H3,(H,49,56)(H,50,55)(H,52,57)(H,59,60)/t30-,32-,36?,37+,38+,40-/m0/s1. The summed E-state index contributed by atoms with van der Waals surface area (Å²) in [6.45, 7) is 16.8. The highest BCUT2D eigenvalue weighted by molar-refractivity contribution is 7.09. The number of rotatable bonds is 26. The first kappa shape index (κ1) is 52.4. The molecule has 1 aliphatic heterocycles. The fourth-order valence-corrected chi connectivity index (χ4v) is 8.89. The number of carboxylic acids is 1. The number of nitrogens with zero attached hydrogens (tertiary/aromatic N) is 3. The van der Waals surface area contributed by atoms with Crippen LogP contribution in [0.2, 0.25) is 0 Å². The van der Waals surface area contributed by atoms with Crippen molar-refractivity contribution < 1.29 is 38.2 Å². The maximum absolute atomic E-state index is 15.0. The normalized spacial score (nSPS) is 17.1. The number of carboxylic acid groups (broad SMARTS) is 1. The molecule has 1 aromatic carbocycles. The number of anilines is 1. The van der Waals surface area contributed by atoms with E-state index in [1.807, 2.05) is 32.7 Å². The molecule has 0 saturated carbocycles. The molecule has 0 radical (unpaired) electrons. The maximum Gasteiger partial charge on any atom is 0.309 e. The number of unbranched alkanes of at least 4 members (excludes halogenated alkanes) is 3. The summed E-state index contributed by atoms with van der Waals surface area (Å²) in [6.07, 6.45) is 7.38. The monoisotopic (exact) mass is 888 g/mol. The van der Waals surface area contributed by atoms with Gasteiger partial charge in [-0.1, -0.05) is 72.8 Å². The van der Waals surface area contributed by atoms with Crippen LogP contribution in [0.5, 0.6) is 0 Å². The van der Waals surface area contributed by atoms with Gasteiger partial charge in [0, 0.05) is 37.0 Å². The fourth-order valence-electron chi connectivity index (χ4n) is 8.04. The molecule has 4 amide bonds. The highest BCUT2D eigenvalue weighted by atomic mass is 32.1. The molecule has 1 aromatic heterocycles. The number of thiazole rings is 1. The zero-order valence-electron chi connectivity index (χ0n) is 38.6. The van der Waals surface area contributed by atoms with Crippen LogP contribution in [0.3, 0.4) is 0 Å². The Kier molecular flexibility index (Phi) is 21.4. The van der Waals surface area contributed by atoms with Gasteiger partial charge in [-0.3, -0.25) is 28.9 Å². The Morgan fingerprint density at radius 3 is 2.40 bits per heavy atom. The largest absolute Gasteiger partial charge is 0.481 e. The number of amides is 4. The second kappa shape index (κ2) is 25.3. The lowest BCUT2D eigenvalue weighted by atomic mass is 9.84. The zero-order chi connectivity index (χ0) is 46.1. The van der Waals surface area contributed by atoms with Crippen LogP contribution in [-0.4, -0.2) is 107 Å². The first-order valence-corrected chi connectivity index (χ1v) is 23.5. The number of hydrogen-bond donors (Lipinski definition) is 5. The van der Waals surface area contributed by atoms with Crippen LogP contribution in [-0.2, 0) is 30.3 Å². The Hall–Kier alpha value is -3.99. The highest BCUT2D eigenvalue weighted by Gasteiger charge is 2.39. The molecular weight excluding hydrogens is 814 g/mol. The minimum absolute atomic E-state index is 0.0164. The lowest BCUT2D eigenvalue weighted by molar-refractivity contribution is -0.147. The van der Waals surface area contributed by atoms with Crippen LogP contribution >= 0.6 is 11.3 Å². The average Bonchev–Trinajstić information content (AvgIpc) is 3.73. The summed E-state index contributed by atoms with van der Waals surface area (Å²) in [5.74, 6) is -3.09. The third-order valence-electron chi connectivity index (χ3n) is 12.1. The molecule has 6 N–H and O–H groups in total. The highest BCUT2D eigenvalue weighted by Crippen LogP contribution is 2.32. The van der Waals surface area contributed by atoms with Gasteiger partial charge >= 0.3 is 5.97 Å². The van der Waals surface area contributed by atoms with E-state index in [0.29, 0.717) is 36.6 Å². The number of aromatic nitrogens is 1. The van der Waals surface area contributed by atoms with E-state index in [-0.39, 0.29) is 66.5 Å². The lowest BCUT2D eigenvalue weighted by Crippen LogP contribution is -2.59. The van der Waals surface area contributed by atoms with E-state index in [2.05, 4.69) is 41.6 Å².